The predicted octanol–water partition coefficient (Wildman–Crippen LogP) is 2.94. The van der Waals surface area contributed by atoms with Crippen LogP contribution >= 0.6 is 0 Å². The molecule has 1 N–H and O–H groups in total. The van der Waals surface area contributed by atoms with Crippen molar-refractivity contribution in [2.24, 2.45) is 5.92 Å². The minimum atomic E-state index is -0.648. The highest BCUT2D eigenvalue weighted by molar-refractivity contribution is 5.70. The van der Waals surface area contributed by atoms with E-state index in [1.165, 1.54) is 11.1 Å². The Bertz CT molecular complexity index is 479. The Labute approximate surface area is 126 Å². The van der Waals surface area contributed by atoms with E-state index in [0.717, 1.165) is 44.6 Å². The molecule has 0 spiro atoms. The van der Waals surface area contributed by atoms with Crippen LogP contribution in [0, 0.1) is 5.92 Å². The van der Waals surface area contributed by atoms with Crippen LogP contribution in [0.5, 0.6) is 5.75 Å². The Balaban J connectivity index is 1.98. The molecule has 0 atom stereocenters. The maximum absolute atomic E-state index is 11.0. The molecule has 1 aromatic carbocycles. The Morgan fingerprint density at radius 2 is 2.00 bits per heavy atom. The molecule has 1 aliphatic heterocycles. The molecule has 1 saturated heterocycles. The first-order valence-electron chi connectivity index (χ1n) is 7.83. The number of hydrogen-bond acceptors (Lipinski definition) is 3. The molecule has 0 unspecified atom stereocenters. The van der Waals surface area contributed by atoms with Crippen LogP contribution in [0.25, 0.3) is 0 Å². The molecule has 116 valence electrons. The van der Waals surface area contributed by atoms with Crippen molar-refractivity contribution < 1.29 is 14.6 Å². The number of benzene rings is 1. The fraction of sp³-hybridized carbons (Fsp3) is 0.588. The average molecular weight is 291 g/mol. The largest absolute Gasteiger partial charge is 0.494 e. The van der Waals surface area contributed by atoms with Crippen LogP contribution in [-0.4, -0.2) is 35.7 Å². The number of nitrogens with zero attached hydrogens (tertiary/aromatic N) is 1. The van der Waals surface area contributed by atoms with E-state index in [1.54, 1.807) is 0 Å². The van der Waals surface area contributed by atoms with Gasteiger partial charge in [-0.2, -0.15) is 0 Å². The topological polar surface area (TPSA) is 49.8 Å². The highest BCUT2D eigenvalue weighted by atomic mass is 16.5. The molecule has 0 radical (unpaired) electrons. The van der Waals surface area contributed by atoms with E-state index in [1.807, 2.05) is 13.0 Å². The number of likely N-dealkylation sites (tertiary alicyclic amines) is 1. The molecule has 0 saturated carbocycles. The van der Waals surface area contributed by atoms with Gasteiger partial charge in [0.25, 0.3) is 0 Å². The molecule has 1 fully saturated rings. The molecule has 0 amide bonds. The smallest absolute Gasteiger partial charge is 0.306 e. The lowest BCUT2D eigenvalue weighted by molar-refractivity contribution is -0.143. The van der Waals surface area contributed by atoms with E-state index in [0.29, 0.717) is 6.61 Å². The zero-order chi connectivity index (χ0) is 15.2. The minimum absolute atomic E-state index is 0.160. The molecule has 0 aromatic heterocycles. The number of ether oxygens (including phenoxy) is 1. The number of carboxylic acids is 1. The van der Waals surface area contributed by atoms with Gasteiger partial charge in [-0.15, -0.1) is 0 Å². The second-order valence-electron chi connectivity index (χ2n) is 5.61. The molecule has 0 bridgehead atoms. The Kier molecular flexibility index (Phi) is 5.62. The number of rotatable bonds is 6. The van der Waals surface area contributed by atoms with Crippen molar-refractivity contribution in [3.05, 3.63) is 29.3 Å². The van der Waals surface area contributed by atoms with Crippen molar-refractivity contribution in [1.29, 1.82) is 0 Å². The van der Waals surface area contributed by atoms with E-state index in [4.69, 9.17) is 9.84 Å². The fourth-order valence-corrected chi connectivity index (χ4v) is 2.92. The van der Waals surface area contributed by atoms with E-state index in [-0.39, 0.29) is 5.92 Å². The first-order valence-corrected chi connectivity index (χ1v) is 7.83. The predicted molar refractivity (Wildman–Crippen MR) is 82.6 cm³/mol. The average Bonchev–Trinajstić information content (AvgIpc) is 2.49. The van der Waals surface area contributed by atoms with E-state index in [2.05, 4.69) is 24.0 Å². The van der Waals surface area contributed by atoms with Crippen molar-refractivity contribution in [2.75, 3.05) is 19.7 Å². The summed E-state index contributed by atoms with van der Waals surface area (Å²) >= 11 is 0. The molecule has 0 aliphatic carbocycles. The quantitative estimate of drug-likeness (QED) is 0.875. The highest BCUT2D eigenvalue weighted by Gasteiger charge is 2.24. The number of carboxylic acid groups (broad SMARTS) is 1. The van der Waals surface area contributed by atoms with Crippen molar-refractivity contribution >= 4 is 5.97 Å². The van der Waals surface area contributed by atoms with E-state index >= 15 is 0 Å². The van der Waals surface area contributed by atoms with Gasteiger partial charge in [0.1, 0.15) is 5.75 Å². The van der Waals surface area contributed by atoms with Crippen LogP contribution in [0.15, 0.2) is 18.2 Å². The second-order valence-corrected chi connectivity index (χ2v) is 5.61. The van der Waals surface area contributed by atoms with Crippen LogP contribution in [0.1, 0.15) is 37.8 Å². The summed E-state index contributed by atoms with van der Waals surface area (Å²) in [4.78, 5) is 13.3. The number of carbonyl (C=O) groups is 1. The molecule has 4 nitrogen and oxygen atoms in total. The van der Waals surface area contributed by atoms with Gasteiger partial charge in [-0.25, -0.2) is 0 Å². The number of piperidine rings is 1. The van der Waals surface area contributed by atoms with Gasteiger partial charge in [-0.05, 0) is 62.5 Å². The van der Waals surface area contributed by atoms with Crippen molar-refractivity contribution in [1.82, 2.24) is 4.90 Å². The van der Waals surface area contributed by atoms with Crippen LogP contribution in [0.2, 0.25) is 0 Å². The summed E-state index contributed by atoms with van der Waals surface area (Å²) in [7, 11) is 0. The van der Waals surface area contributed by atoms with E-state index < -0.39 is 5.97 Å². The third-order valence-corrected chi connectivity index (χ3v) is 4.20. The monoisotopic (exact) mass is 291 g/mol. The molecule has 2 rings (SSSR count). The minimum Gasteiger partial charge on any atom is -0.494 e. The third kappa shape index (κ3) is 4.21. The summed E-state index contributed by atoms with van der Waals surface area (Å²) < 4.78 is 5.55. The standard InChI is InChI=1S/C17H25NO3/c1-3-13-11-16(21-4-2)6-5-15(13)12-18-9-7-14(8-10-18)17(19)20/h5-6,11,14H,3-4,7-10,12H2,1-2H3,(H,19,20). The molecule has 21 heavy (non-hydrogen) atoms. The van der Waals surface area contributed by atoms with Gasteiger partial charge in [0.15, 0.2) is 0 Å². The number of hydrogen-bond donors (Lipinski definition) is 1. The summed E-state index contributed by atoms with van der Waals surface area (Å²) in [6.07, 6.45) is 2.50. The Hall–Kier alpha value is -1.55. The van der Waals surface area contributed by atoms with Gasteiger partial charge in [-0.3, -0.25) is 9.69 Å². The fourth-order valence-electron chi connectivity index (χ4n) is 2.92. The molecule has 1 aliphatic rings. The SMILES string of the molecule is CCOc1ccc(CN2CCC(C(=O)O)CC2)c(CC)c1. The van der Waals surface area contributed by atoms with Crippen molar-refractivity contribution in [3.63, 3.8) is 0 Å². The van der Waals surface area contributed by atoms with Gasteiger partial charge < -0.3 is 9.84 Å². The lowest BCUT2D eigenvalue weighted by atomic mass is 9.96. The normalized spacial score (nSPS) is 16.9. The zero-order valence-electron chi connectivity index (χ0n) is 13.0. The molecular formula is C17H25NO3. The molecule has 1 aromatic rings. The van der Waals surface area contributed by atoms with Gasteiger partial charge in [0.2, 0.25) is 0 Å². The summed E-state index contributed by atoms with van der Waals surface area (Å²) in [5, 5.41) is 9.05. The lowest BCUT2D eigenvalue weighted by Crippen LogP contribution is -2.36. The summed E-state index contributed by atoms with van der Waals surface area (Å²) in [5.41, 5.74) is 2.65. The molecule has 4 heteroatoms. The number of aryl methyl sites for hydroxylation is 1. The van der Waals surface area contributed by atoms with Crippen LogP contribution in [0.4, 0.5) is 0 Å². The first kappa shape index (κ1) is 15.8. The molecular weight excluding hydrogens is 266 g/mol. The maximum atomic E-state index is 11.0. The van der Waals surface area contributed by atoms with E-state index in [9.17, 15) is 4.79 Å². The van der Waals surface area contributed by atoms with Gasteiger partial charge >= 0.3 is 5.97 Å². The zero-order valence-corrected chi connectivity index (χ0v) is 13.0. The van der Waals surface area contributed by atoms with Gasteiger partial charge in [-0.1, -0.05) is 13.0 Å². The van der Waals surface area contributed by atoms with Crippen LogP contribution in [-0.2, 0) is 17.8 Å². The Morgan fingerprint density at radius 1 is 1.29 bits per heavy atom. The first-order chi connectivity index (χ1) is 10.1. The summed E-state index contributed by atoms with van der Waals surface area (Å²) in [5.74, 6) is 0.125. The summed E-state index contributed by atoms with van der Waals surface area (Å²) in [6, 6.07) is 6.30. The Morgan fingerprint density at radius 3 is 2.57 bits per heavy atom. The molecule has 1 heterocycles. The second kappa shape index (κ2) is 7.46. The lowest BCUT2D eigenvalue weighted by Gasteiger charge is -2.30. The highest BCUT2D eigenvalue weighted by Crippen LogP contribution is 2.23. The van der Waals surface area contributed by atoms with Gasteiger partial charge in [0.05, 0.1) is 12.5 Å². The van der Waals surface area contributed by atoms with Crippen molar-refractivity contribution in [2.45, 2.75) is 39.7 Å². The maximum Gasteiger partial charge on any atom is 0.306 e. The van der Waals surface area contributed by atoms with Crippen LogP contribution < -0.4 is 4.74 Å². The van der Waals surface area contributed by atoms with Crippen LogP contribution in [0.3, 0.4) is 0 Å². The summed E-state index contributed by atoms with van der Waals surface area (Å²) in [6.45, 7) is 7.48. The third-order valence-electron chi connectivity index (χ3n) is 4.20. The van der Waals surface area contributed by atoms with Crippen molar-refractivity contribution in [3.8, 4) is 5.75 Å². The van der Waals surface area contributed by atoms with Gasteiger partial charge in [0, 0.05) is 6.54 Å². The number of aliphatic carboxylic acids is 1.